The first-order valence-electron chi connectivity index (χ1n) is 9.71. The van der Waals surface area contributed by atoms with Gasteiger partial charge >= 0.3 is 6.03 Å². The van der Waals surface area contributed by atoms with Gasteiger partial charge in [-0.1, -0.05) is 18.2 Å². The average molecular weight is 396 g/mol. The van der Waals surface area contributed by atoms with Crippen LogP contribution in [0.1, 0.15) is 0 Å². The van der Waals surface area contributed by atoms with Gasteiger partial charge in [-0.25, -0.2) is 4.79 Å². The first-order chi connectivity index (χ1) is 14.2. The van der Waals surface area contributed by atoms with Gasteiger partial charge in [0.05, 0.1) is 6.54 Å². The van der Waals surface area contributed by atoms with E-state index in [0.717, 1.165) is 18.8 Å². The molecule has 2 aromatic carbocycles. The third-order valence-electron chi connectivity index (χ3n) is 4.91. The highest BCUT2D eigenvalue weighted by Crippen LogP contribution is 2.32. The number of rotatable bonds is 4. The van der Waals surface area contributed by atoms with Crippen LogP contribution in [0.4, 0.5) is 16.2 Å². The van der Waals surface area contributed by atoms with E-state index < -0.39 is 0 Å². The summed E-state index contributed by atoms with van der Waals surface area (Å²) in [4.78, 5) is 28.5. The third kappa shape index (κ3) is 4.71. The number of benzene rings is 2. The van der Waals surface area contributed by atoms with E-state index in [4.69, 9.17) is 9.47 Å². The highest BCUT2D eigenvalue weighted by atomic mass is 16.6. The minimum Gasteiger partial charge on any atom is -0.486 e. The minimum atomic E-state index is -0.294. The molecule has 0 aromatic heterocycles. The van der Waals surface area contributed by atoms with Gasteiger partial charge in [-0.3, -0.25) is 4.79 Å². The molecule has 0 radical (unpaired) electrons. The van der Waals surface area contributed by atoms with Crippen LogP contribution >= 0.6 is 0 Å². The first kappa shape index (κ1) is 18.9. The van der Waals surface area contributed by atoms with Gasteiger partial charge in [0.1, 0.15) is 13.2 Å². The Kier molecular flexibility index (Phi) is 5.69. The molecule has 4 rings (SSSR count). The second-order valence-corrected chi connectivity index (χ2v) is 6.87. The Labute approximate surface area is 169 Å². The maximum absolute atomic E-state index is 12.4. The van der Waals surface area contributed by atoms with E-state index in [9.17, 15) is 9.59 Å². The van der Waals surface area contributed by atoms with Crippen molar-refractivity contribution in [2.24, 2.45) is 0 Å². The maximum atomic E-state index is 12.4. The second kappa shape index (κ2) is 8.72. The number of hydrogen-bond donors (Lipinski definition) is 2. The number of carbonyl (C=O) groups excluding carboxylic acids is 2. The van der Waals surface area contributed by atoms with Crippen molar-refractivity contribution in [3.8, 4) is 11.5 Å². The van der Waals surface area contributed by atoms with Crippen LogP contribution in [0.2, 0.25) is 0 Å². The molecule has 2 N–H and O–H groups in total. The van der Waals surface area contributed by atoms with Crippen molar-refractivity contribution in [1.82, 2.24) is 10.2 Å². The smallest absolute Gasteiger partial charge is 0.317 e. The standard InChI is InChI=1S/C21H24N4O4/c26-20(23-16-6-7-18-19(14-16)29-13-12-28-18)15-22-21(27)25-10-8-24(9-11-25)17-4-2-1-3-5-17/h1-7,14H,8-13,15H2,(H,22,27)(H,23,26). The summed E-state index contributed by atoms with van der Waals surface area (Å²) in [6.45, 7) is 3.67. The molecule has 8 heteroatoms. The Morgan fingerprint density at radius 1 is 0.897 bits per heavy atom. The van der Waals surface area contributed by atoms with Gasteiger partial charge in [0.15, 0.2) is 11.5 Å². The zero-order valence-corrected chi connectivity index (χ0v) is 16.1. The zero-order valence-electron chi connectivity index (χ0n) is 16.1. The van der Waals surface area contributed by atoms with Crippen LogP contribution in [-0.2, 0) is 4.79 Å². The molecular weight excluding hydrogens is 372 g/mol. The molecule has 1 fully saturated rings. The number of anilines is 2. The fraction of sp³-hybridized carbons (Fsp3) is 0.333. The summed E-state index contributed by atoms with van der Waals surface area (Å²) in [7, 11) is 0. The number of fused-ring (bicyclic) bond motifs is 1. The average Bonchev–Trinajstić information content (AvgIpc) is 2.78. The van der Waals surface area contributed by atoms with Crippen molar-refractivity contribution in [3.63, 3.8) is 0 Å². The number of carbonyl (C=O) groups is 2. The van der Waals surface area contributed by atoms with Crippen molar-refractivity contribution in [1.29, 1.82) is 0 Å². The van der Waals surface area contributed by atoms with E-state index in [0.29, 0.717) is 43.5 Å². The van der Waals surface area contributed by atoms with Crippen LogP contribution in [0.25, 0.3) is 0 Å². The fourth-order valence-electron chi connectivity index (χ4n) is 3.40. The van der Waals surface area contributed by atoms with Crippen LogP contribution in [0.5, 0.6) is 11.5 Å². The largest absolute Gasteiger partial charge is 0.486 e. The molecule has 0 atom stereocenters. The summed E-state index contributed by atoms with van der Waals surface area (Å²) in [5.41, 5.74) is 1.76. The number of piperazine rings is 1. The van der Waals surface area contributed by atoms with Gasteiger partial charge in [0.2, 0.25) is 5.91 Å². The van der Waals surface area contributed by atoms with Crippen LogP contribution in [0.15, 0.2) is 48.5 Å². The molecule has 2 aliphatic heterocycles. The number of para-hydroxylation sites is 1. The lowest BCUT2D eigenvalue weighted by Crippen LogP contribution is -2.52. The van der Waals surface area contributed by atoms with Gasteiger partial charge in [0.25, 0.3) is 0 Å². The summed E-state index contributed by atoms with van der Waals surface area (Å²) in [5.74, 6) is 0.976. The molecular formula is C21H24N4O4. The maximum Gasteiger partial charge on any atom is 0.317 e. The Bertz CT molecular complexity index is 866. The SMILES string of the molecule is O=C(CNC(=O)N1CCN(c2ccccc2)CC1)Nc1ccc2c(c1)OCCO2. The van der Waals surface area contributed by atoms with Crippen molar-refractivity contribution >= 4 is 23.3 Å². The van der Waals surface area contributed by atoms with Gasteiger partial charge in [-0.15, -0.1) is 0 Å². The number of ether oxygens (including phenoxy) is 2. The molecule has 2 aromatic rings. The number of urea groups is 1. The van der Waals surface area contributed by atoms with E-state index >= 15 is 0 Å². The molecule has 2 heterocycles. The van der Waals surface area contributed by atoms with Crippen molar-refractivity contribution in [2.45, 2.75) is 0 Å². The van der Waals surface area contributed by atoms with Crippen molar-refractivity contribution in [2.75, 3.05) is 56.2 Å². The minimum absolute atomic E-state index is 0.0911. The molecule has 152 valence electrons. The molecule has 1 saturated heterocycles. The number of nitrogens with one attached hydrogen (secondary N) is 2. The molecule has 2 aliphatic rings. The van der Waals surface area contributed by atoms with E-state index in [1.807, 2.05) is 18.2 Å². The Balaban J connectivity index is 1.22. The van der Waals surface area contributed by atoms with Crippen LogP contribution < -0.4 is 25.0 Å². The summed E-state index contributed by atoms with van der Waals surface area (Å²) in [6, 6.07) is 15.1. The van der Waals surface area contributed by atoms with E-state index in [2.05, 4.69) is 27.7 Å². The number of amides is 3. The molecule has 0 unspecified atom stereocenters. The summed E-state index contributed by atoms with van der Waals surface area (Å²) >= 11 is 0. The van der Waals surface area contributed by atoms with E-state index in [-0.39, 0.29) is 18.5 Å². The molecule has 8 nitrogen and oxygen atoms in total. The highest BCUT2D eigenvalue weighted by Gasteiger charge is 2.21. The van der Waals surface area contributed by atoms with Crippen molar-refractivity contribution < 1.29 is 19.1 Å². The Morgan fingerprint density at radius 2 is 1.62 bits per heavy atom. The molecule has 0 bridgehead atoms. The van der Waals surface area contributed by atoms with E-state index in [1.54, 1.807) is 23.1 Å². The topological polar surface area (TPSA) is 83.1 Å². The zero-order chi connectivity index (χ0) is 20.1. The normalized spacial score (nSPS) is 15.6. The fourth-order valence-corrected chi connectivity index (χ4v) is 3.40. The second-order valence-electron chi connectivity index (χ2n) is 6.87. The first-order valence-corrected chi connectivity index (χ1v) is 9.71. The molecule has 3 amide bonds. The predicted molar refractivity (Wildman–Crippen MR) is 110 cm³/mol. The lowest BCUT2D eigenvalue weighted by Gasteiger charge is -2.36. The van der Waals surface area contributed by atoms with Crippen LogP contribution in [0.3, 0.4) is 0 Å². The highest BCUT2D eigenvalue weighted by molar-refractivity contribution is 5.94. The monoisotopic (exact) mass is 396 g/mol. The summed E-state index contributed by atoms with van der Waals surface area (Å²) < 4.78 is 11.0. The summed E-state index contributed by atoms with van der Waals surface area (Å²) in [5, 5.41) is 5.45. The molecule has 0 saturated carbocycles. The van der Waals surface area contributed by atoms with Crippen molar-refractivity contribution in [3.05, 3.63) is 48.5 Å². The lowest BCUT2D eigenvalue weighted by atomic mass is 10.2. The molecule has 0 aliphatic carbocycles. The summed E-state index contributed by atoms with van der Waals surface area (Å²) in [6.07, 6.45) is 0. The lowest BCUT2D eigenvalue weighted by molar-refractivity contribution is -0.115. The molecule has 29 heavy (non-hydrogen) atoms. The quantitative estimate of drug-likeness (QED) is 0.825. The van der Waals surface area contributed by atoms with Gasteiger partial charge in [-0.05, 0) is 24.3 Å². The van der Waals surface area contributed by atoms with Gasteiger partial charge < -0.3 is 29.9 Å². The third-order valence-corrected chi connectivity index (χ3v) is 4.91. The van der Waals surface area contributed by atoms with Crippen LogP contribution in [0, 0.1) is 0 Å². The van der Waals surface area contributed by atoms with Gasteiger partial charge in [0, 0.05) is 43.6 Å². The van der Waals surface area contributed by atoms with E-state index in [1.165, 1.54) is 0 Å². The number of hydrogen-bond acceptors (Lipinski definition) is 5. The number of nitrogens with zero attached hydrogens (tertiary/aromatic N) is 2. The predicted octanol–water partition coefficient (Wildman–Crippen LogP) is 1.93. The van der Waals surface area contributed by atoms with Gasteiger partial charge in [-0.2, -0.15) is 0 Å². The Hall–Kier alpha value is -3.42. The molecule has 0 spiro atoms. The Morgan fingerprint density at radius 3 is 2.38 bits per heavy atom. The van der Waals surface area contributed by atoms with Crippen LogP contribution in [-0.4, -0.2) is 62.8 Å².